The van der Waals surface area contributed by atoms with E-state index in [-0.39, 0.29) is 5.82 Å². The zero-order valence-electron chi connectivity index (χ0n) is 9.62. The highest BCUT2D eigenvalue weighted by Gasteiger charge is 2.15. The third-order valence-corrected chi connectivity index (χ3v) is 2.91. The molecule has 3 heteroatoms. The first kappa shape index (κ1) is 11.9. The van der Waals surface area contributed by atoms with Crippen LogP contribution in [0.25, 0.3) is 0 Å². The first-order valence-electron chi connectivity index (χ1n) is 5.76. The zero-order chi connectivity index (χ0) is 12.1. The summed E-state index contributed by atoms with van der Waals surface area (Å²) in [7, 11) is 0. The summed E-state index contributed by atoms with van der Waals surface area (Å²) in [6, 6.07) is 4.25. The molecule has 1 saturated heterocycles. The lowest BCUT2D eigenvalue weighted by Gasteiger charge is -2.22. The molecule has 0 aromatic heterocycles. The Morgan fingerprint density at radius 1 is 1.41 bits per heavy atom. The average molecular weight is 234 g/mol. The molecule has 0 spiro atoms. The van der Waals surface area contributed by atoms with Crippen LogP contribution >= 0.6 is 0 Å². The lowest BCUT2D eigenvalue weighted by atomic mass is 10.0. The van der Waals surface area contributed by atoms with Gasteiger partial charge >= 0.3 is 0 Å². The molecule has 1 aromatic rings. The molecule has 2 nitrogen and oxygen atoms in total. The summed E-state index contributed by atoms with van der Waals surface area (Å²) >= 11 is 0. The number of terminal acetylenes is 1. The summed E-state index contributed by atoms with van der Waals surface area (Å²) in [4.78, 5) is 0. The van der Waals surface area contributed by atoms with E-state index in [1.165, 1.54) is 12.1 Å². The summed E-state index contributed by atoms with van der Waals surface area (Å²) in [5, 5.41) is 0. The quantitative estimate of drug-likeness (QED) is 0.748. The minimum atomic E-state index is -0.328. The van der Waals surface area contributed by atoms with Crippen molar-refractivity contribution >= 4 is 0 Å². The monoisotopic (exact) mass is 234 g/mol. The predicted molar refractivity (Wildman–Crippen MR) is 63.4 cm³/mol. The largest absolute Gasteiger partial charge is 0.492 e. The van der Waals surface area contributed by atoms with Crippen molar-refractivity contribution in [1.82, 2.24) is 0 Å². The van der Waals surface area contributed by atoms with Gasteiger partial charge in [-0.2, -0.15) is 0 Å². The van der Waals surface area contributed by atoms with Gasteiger partial charge in [-0.1, -0.05) is 5.92 Å². The Bertz CT molecular complexity index is 417. The van der Waals surface area contributed by atoms with Gasteiger partial charge in [0.2, 0.25) is 0 Å². The molecule has 2 rings (SSSR count). The van der Waals surface area contributed by atoms with Gasteiger partial charge in [-0.05, 0) is 30.9 Å². The Morgan fingerprint density at radius 2 is 2.18 bits per heavy atom. The molecule has 0 N–H and O–H groups in total. The van der Waals surface area contributed by atoms with E-state index in [1.807, 2.05) is 0 Å². The van der Waals surface area contributed by atoms with Crippen LogP contribution in [0.1, 0.15) is 18.4 Å². The number of rotatable bonds is 3. The van der Waals surface area contributed by atoms with Gasteiger partial charge in [0.25, 0.3) is 0 Å². The van der Waals surface area contributed by atoms with Crippen molar-refractivity contribution in [2.45, 2.75) is 12.8 Å². The van der Waals surface area contributed by atoms with Crippen LogP contribution in [0.3, 0.4) is 0 Å². The standard InChI is InChI=1S/C14H15FO2/c1-2-12-3-4-13(15)9-14(12)17-10-11-5-7-16-8-6-11/h1,3-4,9,11H,5-8,10H2. The number of halogens is 1. The van der Waals surface area contributed by atoms with E-state index < -0.39 is 0 Å². The van der Waals surface area contributed by atoms with E-state index in [1.54, 1.807) is 6.07 Å². The Labute approximate surface area is 101 Å². The molecular weight excluding hydrogens is 219 g/mol. The highest BCUT2D eigenvalue weighted by atomic mass is 19.1. The molecule has 1 heterocycles. The van der Waals surface area contributed by atoms with Crippen LogP contribution in [0.2, 0.25) is 0 Å². The molecule has 1 aliphatic heterocycles. The van der Waals surface area contributed by atoms with Crippen molar-refractivity contribution in [3.63, 3.8) is 0 Å². The maximum Gasteiger partial charge on any atom is 0.137 e. The number of hydrogen-bond acceptors (Lipinski definition) is 2. The third kappa shape index (κ3) is 3.21. The number of hydrogen-bond donors (Lipinski definition) is 0. The fraction of sp³-hybridized carbons (Fsp3) is 0.429. The maximum atomic E-state index is 13.1. The van der Waals surface area contributed by atoms with E-state index in [2.05, 4.69) is 5.92 Å². The molecule has 0 bridgehead atoms. The minimum absolute atomic E-state index is 0.328. The first-order chi connectivity index (χ1) is 8.29. The molecule has 0 aliphatic carbocycles. The van der Waals surface area contributed by atoms with E-state index in [4.69, 9.17) is 15.9 Å². The average Bonchev–Trinajstić information content (AvgIpc) is 2.38. The molecule has 0 radical (unpaired) electrons. The van der Waals surface area contributed by atoms with Crippen molar-refractivity contribution in [2.24, 2.45) is 5.92 Å². The van der Waals surface area contributed by atoms with Crippen molar-refractivity contribution in [3.05, 3.63) is 29.6 Å². The fourth-order valence-electron chi connectivity index (χ4n) is 1.86. The van der Waals surface area contributed by atoms with E-state index in [0.29, 0.717) is 23.8 Å². The predicted octanol–water partition coefficient (Wildman–Crippen LogP) is 2.61. The lowest BCUT2D eigenvalue weighted by Crippen LogP contribution is -2.21. The smallest absolute Gasteiger partial charge is 0.137 e. The van der Waals surface area contributed by atoms with E-state index in [9.17, 15) is 4.39 Å². The molecule has 0 saturated carbocycles. The normalized spacial score (nSPS) is 16.5. The maximum absolute atomic E-state index is 13.1. The van der Waals surface area contributed by atoms with Gasteiger partial charge in [-0.3, -0.25) is 0 Å². The van der Waals surface area contributed by atoms with Crippen molar-refractivity contribution in [2.75, 3.05) is 19.8 Å². The van der Waals surface area contributed by atoms with Gasteiger partial charge in [-0.15, -0.1) is 6.42 Å². The van der Waals surface area contributed by atoms with E-state index in [0.717, 1.165) is 26.1 Å². The van der Waals surface area contributed by atoms with Crippen LogP contribution < -0.4 is 4.74 Å². The van der Waals surface area contributed by atoms with Crippen LogP contribution in [0.15, 0.2) is 18.2 Å². The Hall–Kier alpha value is -1.53. The molecule has 90 valence electrons. The third-order valence-electron chi connectivity index (χ3n) is 2.91. The second kappa shape index (κ2) is 5.70. The first-order valence-corrected chi connectivity index (χ1v) is 5.76. The van der Waals surface area contributed by atoms with Gasteiger partial charge in [0.15, 0.2) is 0 Å². The summed E-state index contributed by atoms with van der Waals surface area (Å²) in [5.74, 6) is 3.09. The van der Waals surface area contributed by atoms with Gasteiger partial charge in [0.1, 0.15) is 11.6 Å². The van der Waals surface area contributed by atoms with Crippen LogP contribution in [0, 0.1) is 24.1 Å². The second-order valence-corrected chi connectivity index (χ2v) is 4.15. The zero-order valence-corrected chi connectivity index (χ0v) is 9.62. The minimum Gasteiger partial charge on any atom is -0.492 e. The van der Waals surface area contributed by atoms with Crippen molar-refractivity contribution < 1.29 is 13.9 Å². The molecule has 17 heavy (non-hydrogen) atoms. The summed E-state index contributed by atoms with van der Waals surface area (Å²) in [6.07, 6.45) is 7.31. The molecular formula is C14H15FO2. The highest BCUT2D eigenvalue weighted by molar-refractivity contribution is 5.44. The Balaban J connectivity index is 1.98. The topological polar surface area (TPSA) is 18.5 Å². The second-order valence-electron chi connectivity index (χ2n) is 4.15. The summed E-state index contributed by atoms with van der Waals surface area (Å²) < 4.78 is 24.0. The molecule has 0 unspecified atom stereocenters. The Kier molecular flexibility index (Phi) is 4.00. The van der Waals surface area contributed by atoms with Crippen LogP contribution in [0.4, 0.5) is 4.39 Å². The van der Waals surface area contributed by atoms with Crippen molar-refractivity contribution in [1.29, 1.82) is 0 Å². The number of ether oxygens (including phenoxy) is 2. The summed E-state index contributed by atoms with van der Waals surface area (Å²) in [6.45, 7) is 2.12. The highest BCUT2D eigenvalue weighted by Crippen LogP contribution is 2.22. The lowest BCUT2D eigenvalue weighted by molar-refractivity contribution is 0.0497. The van der Waals surface area contributed by atoms with Gasteiger partial charge in [-0.25, -0.2) is 4.39 Å². The number of benzene rings is 1. The van der Waals surface area contributed by atoms with Gasteiger partial charge < -0.3 is 9.47 Å². The van der Waals surface area contributed by atoms with Gasteiger partial charge in [0.05, 0.1) is 12.2 Å². The van der Waals surface area contributed by atoms with Crippen LogP contribution in [-0.2, 0) is 4.74 Å². The molecule has 1 aliphatic rings. The Morgan fingerprint density at radius 3 is 2.88 bits per heavy atom. The molecule has 1 aromatic carbocycles. The van der Waals surface area contributed by atoms with Crippen LogP contribution in [-0.4, -0.2) is 19.8 Å². The fourth-order valence-corrected chi connectivity index (χ4v) is 1.86. The van der Waals surface area contributed by atoms with Gasteiger partial charge in [0, 0.05) is 19.3 Å². The molecule has 0 amide bonds. The van der Waals surface area contributed by atoms with E-state index >= 15 is 0 Å². The summed E-state index contributed by atoms with van der Waals surface area (Å²) in [5.41, 5.74) is 0.596. The van der Waals surface area contributed by atoms with Crippen molar-refractivity contribution in [3.8, 4) is 18.1 Å². The molecule has 0 atom stereocenters. The SMILES string of the molecule is C#Cc1ccc(F)cc1OCC1CCOCC1. The van der Waals surface area contributed by atoms with Crippen LogP contribution in [0.5, 0.6) is 5.75 Å². The molecule has 1 fully saturated rings.